The molecule has 0 aliphatic heterocycles. The second-order valence-electron chi connectivity index (χ2n) is 5.79. The van der Waals surface area contributed by atoms with Gasteiger partial charge in [0.05, 0.1) is 31.4 Å². The highest BCUT2D eigenvalue weighted by atomic mass is 32.2. The van der Waals surface area contributed by atoms with E-state index < -0.39 is 17.5 Å². The number of nitrogens with zero attached hydrogens (tertiary/aromatic N) is 2. The maximum Gasteiger partial charge on any atom is 0.234 e. The Morgan fingerprint density at radius 3 is 2.45 bits per heavy atom. The summed E-state index contributed by atoms with van der Waals surface area (Å²) in [5, 5.41) is 11.2. The lowest BCUT2D eigenvalue weighted by Gasteiger charge is -2.09. The van der Waals surface area contributed by atoms with E-state index in [1.54, 1.807) is 38.5 Å². The normalized spacial score (nSPS) is 10.5. The first-order chi connectivity index (χ1) is 14.0. The molecular weight excluding hydrogens is 400 g/mol. The van der Waals surface area contributed by atoms with Crippen LogP contribution in [0.25, 0.3) is 11.3 Å². The summed E-state index contributed by atoms with van der Waals surface area (Å²) in [4.78, 5) is 12.0. The van der Waals surface area contributed by atoms with Crippen molar-refractivity contribution in [3.8, 4) is 22.8 Å². The number of aromatic nitrogens is 2. The van der Waals surface area contributed by atoms with Crippen molar-refractivity contribution in [1.29, 1.82) is 0 Å². The topological polar surface area (TPSA) is 73.3 Å². The van der Waals surface area contributed by atoms with Crippen molar-refractivity contribution in [1.82, 2.24) is 10.2 Å². The first kappa shape index (κ1) is 20.5. The zero-order chi connectivity index (χ0) is 20.8. The van der Waals surface area contributed by atoms with Crippen molar-refractivity contribution >= 4 is 23.4 Å². The molecule has 3 rings (SSSR count). The molecule has 0 aliphatic rings. The van der Waals surface area contributed by atoms with Gasteiger partial charge in [0.15, 0.2) is 11.5 Å². The van der Waals surface area contributed by atoms with Crippen LogP contribution in [0.15, 0.2) is 53.6 Å². The van der Waals surface area contributed by atoms with Gasteiger partial charge in [0.2, 0.25) is 5.91 Å². The highest BCUT2D eigenvalue weighted by Gasteiger charge is 2.11. The van der Waals surface area contributed by atoms with Crippen LogP contribution in [0.1, 0.15) is 0 Å². The minimum Gasteiger partial charge on any atom is -0.493 e. The first-order valence-corrected chi connectivity index (χ1v) is 9.42. The van der Waals surface area contributed by atoms with Gasteiger partial charge in [-0.2, -0.15) is 0 Å². The van der Waals surface area contributed by atoms with E-state index >= 15 is 0 Å². The molecule has 9 heteroatoms. The average molecular weight is 417 g/mol. The number of hydrogen-bond acceptors (Lipinski definition) is 6. The lowest BCUT2D eigenvalue weighted by Crippen LogP contribution is -2.15. The van der Waals surface area contributed by atoms with Crippen LogP contribution in [0.2, 0.25) is 0 Å². The number of benzene rings is 2. The van der Waals surface area contributed by atoms with Gasteiger partial charge in [0.1, 0.15) is 16.7 Å². The summed E-state index contributed by atoms with van der Waals surface area (Å²) in [6.45, 7) is 0. The fraction of sp³-hybridized carbons (Fsp3) is 0.150. The molecule has 0 unspecified atom stereocenters. The first-order valence-electron chi connectivity index (χ1n) is 8.44. The molecule has 6 nitrogen and oxygen atoms in total. The molecule has 0 atom stereocenters. The molecular formula is C20H17F2N3O3S. The number of thioether (sulfide) groups is 1. The number of nitrogens with one attached hydrogen (secondary N) is 1. The van der Waals surface area contributed by atoms with Crippen LogP contribution in [-0.2, 0) is 4.79 Å². The van der Waals surface area contributed by atoms with E-state index in [9.17, 15) is 13.6 Å². The Morgan fingerprint density at radius 1 is 1.00 bits per heavy atom. The van der Waals surface area contributed by atoms with Gasteiger partial charge >= 0.3 is 0 Å². The fourth-order valence-electron chi connectivity index (χ4n) is 2.46. The Hall–Kier alpha value is -3.20. The van der Waals surface area contributed by atoms with Crippen LogP contribution in [0.5, 0.6) is 11.5 Å². The standard InChI is InChI=1S/C20H17F2N3O3S/c1-27-17-7-3-12(9-18(17)28-2)15-6-8-20(25-24-15)29-11-19(26)23-16-5-4-13(21)10-14(16)22/h3-10H,11H2,1-2H3,(H,23,26). The van der Waals surface area contributed by atoms with Gasteiger partial charge in [-0.05, 0) is 42.5 Å². The SMILES string of the molecule is COc1ccc(-c2ccc(SCC(=O)Nc3ccc(F)cc3F)nn2)cc1OC. The maximum atomic E-state index is 13.6. The Labute approximate surface area is 170 Å². The summed E-state index contributed by atoms with van der Waals surface area (Å²) in [6, 6.07) is 11.9. The predicted molar refractivity (Wildman–Crippen MR) is 106 cm³/mol. The number of carbonyl (C=O) groups excluding carboxylic acids is 1. The van der Waals surface area contributed by atoms with Gasteiger partial charge in [-0.1, -0.05) is 11.8 Å². The Bertz CT molecular complexity index is 1020. The molecule has 0 saturated carbocycles. The third kappa shape index (κ3) is 5.20. The third-order valence-electron chi connectivity index (χ3n) is 3.88. The Morgan fingerprint density at radius 2 is 1.79 bits per heavy atom. The zero-order valence-electron chi connectivity index (χ0n) is 15.6. The number of carbonyl (C=O) groups is 1. The number of hydrogen-bond donors (Lipinski definition) is 1. The van der Waals surface area contributed by atoms with Crippen molar-refractivity contribution < 1.29 is 23.0 Å². The van der Waals surface area contributed by atoms with Gasteiger partial charge in [-0.15, -0.1) is 10.2 Å². The maximum absolute atomic E-state index is 13.6. The molecule has 0 radical (unpaired) electrons. The van der Waals surface area contributed by atoms with Gasteiger partial charge in [0, 0.05) is 11.6 Å². The zero-order valence-corrected chi connectivity index (χ0v) is 16.4. The van der Waals surface area contributed by atoms with Crippen molar-refractivity contribution in [3.05, 3.63) is 60.2 Å². The molecule has 1 N–H and O–H groups in total. The molecule has 0 aliphatic carbocycles. The molecule has 29 heavy (non-hydrogen) atoms. The van der Waals surface area contributed by atoms with Gasteiger partial charge in [-0.3, -0.25) is 4.79 Å². The van der Waals surface area contributed by atoms with E-state index in [1.807, 2.05) is 6.07 Å². The third-order valence-corrected chi connectivity index (χ3v) is 4.80. The molecule has 150 valence electrons. The minimum atomic E-state index is -0.831. The van der Waals surface area contributed by atoms with Crippen LogP contribution in [-0.4, -0.2) is 36.1 Å². The van der Waals surface area contributed by atoms with Crippen LogP contribution in [0.4, 0.5) is 14.5 Å². The van der Waals surface area contributed by atoms with Crippen molar-refractivity contribution in [2.45, 2.75) is 5.03 Å². The highest BCUT2D eigenvalue weighted by molar-refractivity contribution is 7.99. The van der Waals surface area contributed by atoms with E-state index in [1.165, 1.54) is 6.07 Å². The largest absolute Gasteiger partial charge is 0.493 e. The van der Waals surface area contributed by atoms with E-state index in [-0.39, 0.29) is 11.4 Å². The van der Waals surface area contributed by atoms with Crippen LogP contribution in [0.3, 0.4) is 0 Å². The minimum absolute atomic E-state index is 0.00119. The smallest absolute Gasteiger partial charge is 0.234 e. The van der Waals surface area contributed by atoms with Gasteiger partial charge in [0.25, 0.3) is 0 Å². The lowest BCUT2D eigenvalue weighted by molar-refractivity contribution is -0.113. The lowest BCUT2D eigenvalue weighted by atomic mass is 10.1. The summed E-state index contributed by atoms with van der Waals surface area (Å²) in [5.74, 6) is -0.787. The summed E-state index contributed by atoms with van der Waals surface area (Å²) >= 11 is 1.15. The Kier molecular flexibility index (Phi) is 6.61. The van der Waals surface area contributed by atoms with Crippen LogP contribution < -0.4 is 14.8 Å². The average Bonchev–Trinajstić information content (AvgIpc) is 2.74. The van der Waals surface area contributed by atoms with Crippen molar-refractivity contribution in [3.63, 3.8) is 0 Å². The number of methoxy groups -OCH3 is 2. The molecule has 0 saturated heterocycles. The molecule has 3 aromatic rings. The van der Waals surface area contributed by atoms with Crippen molar-refractivity contribution in [2.24, 2.45) is 0 Å². The molecule has 2 aromatic carbocycles. The second kappa shape index (κ2) is 9.33. The summed E-state index contributed by atoms with van der Waals surface area (Å²) in [6.07, 6.45) is 0. The van der Waals surface area contributed by atoms with E-state index in [2.05, 4.69) is 15.5 Å². The molecule has 0 fully saturated rings. The van der Waals surface area contributed by atoms with E-state index in [0.29, 0.717) is 28.3 Å². The van der Waals surface area contributed by atoms with Crippen LogP contribution in [0, 0.1) is 11.6 Å². The molecule has 1 amide bonds. The number of halogens is 2. The summed E-state index contributed by atoms with van der Waals surface area (Å²) < 4.78 is 37.0. The van der Waals surface area contributed by atoms with E-state index in [0.717, 1.165) is 23.4 Å². The van der Waals surface area contributed by atoms with Crippen LogP contribution >= 0.6 is 11.8 Å². The van der Waals surface area contributed by atoms with E-state index in [4.69, 9.17) is 9.47 Å². The van der Waals surface area contributed by atoms with Crippen molar-refractivity contribution in [2.75, 3.05) is 25.3 Å². The molecule has 1 aromatic heterocycles. The number of rotatable bonds is 7. The number of anilines is 1. The Balaban J connectivity index is 1.61. The molecule has 1 heterocycles. The highest BCUT2D eigenvalue weighted by Crippen LogP contribution is 2.31. The summed E-state index contributed by atoms with van der Waals surface area (Å²) in [5.41, 5.74) is 1.36. The van der Waals surface area contributed by atoms with Gasteiger partial charge in [-0.25, -0.2) is 8.78 Å². The fourth-order valence-corrected chi connectivity index (χ4v) is 3.08. The second-order valence-corrected chi connectivity index (χ2v) is 6.78. The molecule has 0 bridgehead atoms. The quantitative estimate of drug-likeness (QED) is 0.582. The monoisotopic (exact) mass is 417 g/mol. The predicted octanol–water partition coefficient (Wildman–Crippen LogP) is 4.17. The number of amides is 1. The summed E-state index contributed by atoms with van der Waals surface area (Å²) in [7, 11) is 3.11. The van der Waals surface area contributed by atoms with Gasteiger partial charge < -0.3 is 14.8 Å². The number of ether oxygens (including phenoxy) is 2. The molecule has 0 spiro atoms.